The molecule has 0 aliphatic carbocycles. The van der Waals surface area contributed by atoms with Gasteiger partial charge < -0.3 is 19.8 Å². The molecule has 2 N–H and O–H groups in total. The van der Waals surface area contributed by atoms with Crippen molar-refractivity contribution in [1.29, 1.82) is 0 Å². The highest BCUT2D eigenvalue weighted by molar-refractivity contribution is 6.30. The Kier molecular flexibility index (Phi) is 8.69. The largest absolute Gasteiger partial charge is 0.427 e. The number of likely N-dealkylation sites (tertiary alicyclic amines) is 1. The third-order valence-electron chi connectivity index (χ3n) is 8.27. The van der Waals surface area contributed by atoms with Crippen molar-refractivity contribution in [2.45, 2.75) is 57.3 Å². The molecule has 3 fully saturated rings. The van der Waals surface area contributed by atoms with E-state index in [-0.39, 0.29) is 23.9 Å². The molecule has 8 nitrogen and oxygen atoms in total. The van der Waals surface area contributed by atoms with E-state index in [1.54, 1.807) is 0 Å². The van der Waals surface area contributed by atoms with Gasteiger partial charge in [-0.1, -0.05) is 61.3 Å². The van der Waals surface area contributed by atoms with Crippen LogP contribution in [0.3, 0.4) is 0 Å². The second kappa shape index (κ2) is 12.0. The number of benzene rings is 2. The Hall–Kier alpha value is -2.36. The summed E-state index contributed by atoms with van der Waals surface area (Å²) in [6, 6.07) is 15.5. The Labute approximate surface area is 239 Å². The van der Waals surface area contributed by atoms with Gasteiger partial charge in [-0.25, -0.2) is 4.79 Å². The SMILES string of the molecule is CC[C@@H](CN1CCOCC1)N1C(=O)[C@@](C)(CC2NOC(=O)N2)C[C@H](c2cccc(Cl)c2)[C@H]1c1ccc(Cl)cc1. The summed E-state index contributed by atoms with van der Waals surface area (Å²) in [6.45, 7) is 7.98. The predicted octanol–water partition coefficient (Wildman–Crippen LogP) is 5.13. The molecule has 3 aliphatic rings. The molecule has 10 heteroatoms. The van der Waals surface area contributed by atoms with Gasteiger partial charge in [0.1, 0.15) is 6.17 Å². The molecule has 0 spiro atoms. The van der Waals surface area contributed by atoms with Crippen molar-refractivity contribution < 1.29 is 19.2 Å². The van der Waals surface area contributed by atoms with Crippen LogP contribution < -0.4 is 10.8 Å². The summed E-state index contributed by atoms with van der Waals surface area (Å²) in [6.07, 6.45) is 0.782. The first-order chi connectivity index (χ1) is 18.8. The van der Waals surface area contributed by atoms with Crippen LogP contribution in [0.1, 0.15) is 56.2 Å². The molecular weight excluding hydrogens is 539 g/mol. The topological polar surface area (TPSA) is 83.1 Å². The van der Waals surface area contributed by atoms with Gasteiger partial charge in [0, 0.05) is 41.6 Å². The van der Waals surface area contributed by atoms with Crippen LogP contribution in [-0.2, 0) is 14.4 Å². The zero-order valence-electron chi connectivity index (χ0n) is 22.4. The average Bonchev–Trinajstić information content (AvgIpc) is 3.34. The Morgan fingerprint density at radius 2 is 1.79 bits per heavy atom. The summed E-state index contributed by atoms with van der Waals surface area (Å²) >= 11 is 12.8. The van der Waals surface area contributed by atoms with Gasteiger partial charge >= 0.3 is 6.09 Å². The van der Waals surface area contributed by atoms with Gasteiger partial charge in [0.05, 0.1) is 24.7 Å². The van der Waals surface area contributed by atoms with E-state index in [1.807, 2.05) is 49.4 Å². The van der Waals surface area contributed by atoms with Crippen molar-refractivity contribution in [2.24, 2.45) is 5.41 Å². The van der Waals surface area contributed by atoms with Crippen LogP contribution in [-0.4, -0.2) is 66.9 Å². The van der Waals surface area contributed by atoms with Crippen molar-refractivity contribution >= 4 is 35.2 Å². The highest BCUT2D eigenvalue weighted by atomic mass is 35.5. The number of hydroxylamine groups is 1. The summed E-state index contributed by atoms with van der Waals surface area (Å²) in [5, 5.41) is 4.09. The quantitative estimate of drug-likeness (QED) is 0.455. The average molecular weight is 576 g/mol. The molecule has 2 aromatic carbocycles. The molecule has 5 atom stereocenters. The van der Waals surface area contributed by atoms with Crippen molar-refractivity contribution in [1.82, 2.24) is 20.6 Å². The third-order valence-corrected chi connectivity index (χ3v) is 8.76. The molecule has 0 radical (unpaired) electrons. The van der Waals surface area contributed by atoms with E-state index in [0.29, 0.717) is 36.1 Å². The molecular formula is C29H36Cl2N4O4. The van der Waals surface area contributed by atoms with Gasteiger partial charge in [-0.3, -0.25) is 9.69 Å². The van der Waals surface area contributed by atoms with Gasteiger partial charge in [0.2, 0.25) is 5.91 Å². The summed E-state index contributed by atoms with van der Waals surface area (Å²) in [7, 11) is 0. The molecule has 3 heterocycles. The van der Waals surface area contributed by atoms with E-state index in [9.17, 15) is 9.59 Å². The molecule has 1 unspecified atom stereocenters. The smallest absolute Gasteiger partial charge is 0.379 e. The zero-order valence-corrected chi connectivity index (χ0v) is 23.9. The highest BCUT2D eigenvalue weighted by Gasteiger charge is 2.52. The Balaban J connectivity index is 1.59. The zero-order chi connectivity index (χ0) is 27.6. The second-order valence-electron chi connectivity index (χ2n) is 11.0. The Bertz CT molecular complexity index is 1180. The number of rotatable bonds is 8. The van der Waals surface area contributed by atoms with Gasteiger partial charge in [0.25, 0.3) is 0 Å². The molecule has 2 amide bonds. The second-order valence-corrected chi connectivity index (χ2v) is 11.9. The number of carbonyl (C=O) groups excluding carboxylic acids is 2. The molecule has 3 aliphatic heterocycles. The summed E-state index contributed by atoms with van der Waals surface area (Å²) < 4.78 is 5.58. The highest BCUT2D eigenvalue weighted by Crippen LogP contribution is 2.52. The first kappa shape index (κ1) is 28.2. The van der Waals surface area contributed by atoms with E-state index < -0.39 is 17.7 Å². The summed E-state index contributed by atoms with van der Waals surface area (Å²) in [4.78, 5) is 35.9. The monoisotopic (exact) mass is 574 g/mol. The number of nitrogens with one attached hydrogen (secondary N) is 2. The Morgan fingerprint density at radius 3 is 2.44 bits per heavy atom. The van der Waals surface area contributed by atoms with Crippen molar-refractivity contribution in [3.8, 4) is 0 Å². The maximum absolute atomic E-state index is 14.7. The van der Waals surface area contributed by atoms with Gasteiger partial charge in [-0.05, 0) is 54.7 Å². The van der Waals surface area contributed by atoms with Crippen LogP contribution in [0.25, 0.3) is 0 Å². The first-order valence-electron chi connectivity index (χ1n) is 13.6. The van der Waals surface area contributed by atoms with Crippen LogP contribution >= 0.6 is 23.2 Å². The van der Waals surface area contributed by atoms with E-state index in [1.165, 1.54) is 0 Å². The minimum absolute atomic E-state index is 0.0278. The molecule has 0 saturated carbocycles. The normalized spacial score (nSPS) is 28.7. The van der Waals surface area contributed by atoms with Crippen LogP contribution in [0.15, 0.2) is 48.5 Å². The fraction of sp³-hybridized carbons (Fsp3) is 0.517. The van der Waals surface area contributed by atoms with Gasteiger partial charge in [-0.2, -0.15) is 0 Å². The fourth-order valence-electron chi connectivity index (χ4n) is 6.33. The van der Waals surface area contributed by atoms with Crippen molar-refractivity contribution in [3.05, 3.63) is 69.7 Å². The summed E-state index contributed by atoms with van der Waals surface area (Å²) in [5.74, 6) is 0.0353. The van der Waals surface area contributed by atoms with E-state index in [4.69, 9.17) is 32.8 Å². The van der Waals surface area contributed by atoms with Crippen LogP contribution in [0.5, 0.6) is 0 Å². The summed E-state index contributed by atoms with van der Waals surface area (Å²) in [5.41, 5.74) is 4.09. The lowest BCUT2D eigenvalue weighted by Crippen LogP contribution is -2.59. The lowest BCUT2D eigenvalue weighted by molar-refractivity contribution is -0.157. The number of morpholine rings is 1. The minimum Gasteiger partial charge on any atom is -0.379 e. The molecule has 5 rings (SSSR count). The van der Waals surface area contributed by atoms with E-state index in [2.05, 4.69) is 33.6 Å². The standard InChI is InChI=1S/C29H36Cl2N4O4/c1-3-23(18-34-11-13-38-14-12-34)35-26(19-7-9-21(30)10-8-19)24(20-5-4-6-22(31)15-20)16-29(2,27(35)36)17-25-32-28(37)39-33-25/h4-10,15,23-26,33H,3,11-14,16-18H2,1-2H3,(H,32,37)/t23-,24+,25?,26+,29+/m0/s1. The Morgan fingerprint density at radius 1 is 1.05 bits per heavy atom. The molecule has 2 aromatic rings. The number of hydrogen-bond donors (Lipinski definition) is 2. The number of piperidine rings is 1. The number of amides is 2. The maximum atomic E-state index is 14.7. The van der Waals surface area contributed by atoms with E-state index >= 15 is 0 Å². The van der Waals surface area contributed by atoms with Gasteiger partial charge in [0.15, 0.2) is 0 Å². The van der Waals surface area contributed by atoms with Crippen LogP contribution in [0.4, 0.5) is 4.79 Å². The maximum Gasteiger partial charge on any atom is 0.427 e. The number of ether oxygens (including phenoxy) is 1. The number of carbonyl (C=O) groups is 2. The molecule has 0 bridgehead atoms. The lowest BCUT2D eigenvalue weighted by Gasteiger charge is -2.53. The van der Waals surface area contributed by atoms with Crippen molar-refractivity contribution in [2.75, 3.05) is 32.8 Å². The van der Waals surface area contributed by atoms with Crippen LogP contribution in [0.2, 0.25) is 10.0 Å². The number of nitrogens with zero attached hydrogens (tertiary/aromatic N) is 2. The van der Waals surface area contributed by atoms with E-state index in [0.717, 1.165) is 37.2 Å². The molecule has 210 valence electrons. The first-order valence-corrected chi connectivity index (χ1v) is 14.4. The third kappa shape index (κ3) is 6.20. The number of hydrogen-bond acceptors (Lipinski definition) is 6. The predicted molar refractivity (Wildman–Crippen MR) is 150 cm³/mol. The fourth-order valence-corrected chi connectivity index (χ4v) is 6.66. The molecule has 39 heavy (non-hydrogen) atoms. The molecule has 0 aromatic heterocycles. The van der Waals surface area contributed by atoms with Gasteiger partial charge in [-0.15, -0.1) is 5.48 Å². The minimum atomic E-state index is -0.771. The van der Waals surface area contributed by atoms with Crippen molar-refractivity contribution in [3.63, 3.8) is 0 Å². The lowest BCUT2D eigenvalue weighted by atomic mass is 9.66. The van der Waals surface area contributed by atoms with Crippen LogP contribution in [0, 0.1) is 5.41 Å². The molecule has 3 saturated heterocycles. The number of halogens is 2.